The first-order valence-electron chi connectivity index (χ1n) is 9.63. The second-order valence-electron chi connectivity index (χ2n) is 7.19. The first-order valence-corrected chi connectivity index (χ1v) is 11.1. The first kappa shape index (κ1) is 23.0. The van der Waals surface area contributed by atoms with Crippen molar-refractivity contribution in [1.82, 2.24) is 4.31 Å². The number of hydrogen-bond donors (Lipinski definition) is 0. The lowest BCUT2D eigenvalue weighted by Crippen LogP contribution is -2.43. The third kappa shape index (κ3) is 4.64. The third-order valence-electron chi connectivity index (χ3n) is 5.42. The quantitative estimate of drug-likeness (QED) is 0.671. The van der Waals surface area contributed by atoms with Crippen LogP contribution < -0.4 is 14.4 Å². The van der Waals surface area contributed by atoms with Gasteiger partial charge in [-0.3, -0.25) is 4.79 Å². The van der Waals surface area contributed by atoms with Crippen LogP contribution >= 0.6 is 0 Å². The Kier molecular flexibility index (Phi) is 6.80. The topological polar surface area (TPSA) is 76.2 Å². The number of methoxy groups -OCH3 is 2. The van der Waals surface area contributed by atoms with E-state index in [0.29, 0.717) is 36.1 Å². The summed E-state index contributed by atoms with van der Waals surface area (Å²) in [6, 6.07) is 7.63. The van der Waals surface area contributed by atoms with E-state index in [9.17, 15) is 22.0 Å². The fourth-order valence-electron chi connectivity index (χ4n) is 3.56. The van der Waals surface area contributed by atoms with Gasteiger partial charge in [0.2, 0.25) is 15.9 Å². The summed E-state index contributed by atoms with van der Waals surface area (Å²) in [5.74, 6) is -1.80. The van der Waals surface area contributed by atoms with E-state index >= 15 is 0 Å². The molecule has 0 atom stereocenters. The molecule has 168 valence electrons. The molecule has 2 aromatic rings. The van der Waals surface area contributed by atoms with Crippen molar-refractivity contribution in [3.05, 3.63) is 48.0 Å². The van der Waals surface area contributed by atoms with Gasteiger partial charge in [0.1, 0.15) is 0 Å². The standard InChI is InChI=1S/C21H24F2N2O5S/c1-24(15-4-7-19(29-2)20(12-15)30-3)21(26)14-8-10-25(11-9-14)31(27,28)16-5-6-17(22)18(23)13-16/h4-7,12-14H,8-11H2,1-3H3. The van der Waals surface area contributed by atoms with Crippen LogP contribution in [0.5, 0.6) is 11.5 Å². The van der Waals surface area contributed by atoms with Gasteiger partial charge in [-0.15, -0.1) is 0 Å². The molecule has 0 saturated carbocycles. The van der Waals surface area contributed by atoms with Crippen LogP contribution in [0, 0.1) is 17.6 Å². The summed E-state index contributed by atoms with van der Waals surface area (Å²) >= 11 is 0. The summed E-state index contributed by atoms with van der Waals surface area (Å²) in [5, 5.41) is 0. The van der Waals surface area contributed by atoms with Gasteiger partial charge in [-0.25, -0.2) is 17.2 Å². The maximum Gasteiger partial charge on any atom is 0.243 e. The molecule has 3 rings (SSSR count). The minimum atomic E-state index is -3.97. The lowest BCUT2D eigenvalue weighted by atomic mass is 9.96. The number of carbonyl (C=O) groups is 1. The van der Waals surface area contributed by atoms with Crippen LogP contribution in [0.15, 0.2) is 41.3 Å². The number of hydrogen-bond acceptors (Lipinski definition) is 5. The summed E-state index contributed by atoms with van der Waals surface area (Å²) in [4.78, 5) is 14.2. The molecule has 2 aromatic carbocycles. The van der Waals surface area contributed by atoms with Gasteiger partial charge in [-0.05, 0) is 43.2 Å². The average Bonchev–Trinajstić information content (AvgIpc) is 2.79. The van der Waals surface area contributed by atoms with Gasteiger partial charge in [0, 0.05) is 37.8 Å². The van der Waals surface area contributed by atoms with Gasteiger partial charge in [0.05, 0.1) is 19.1 Å². The largest absolute Gasteiger partial charge is 0.493 e. The normalized spacial score (nSPS) is 15.5. The molecular weight excluding hydrogens is 430 g/mol. The number of rotatable bonds is 6. The van der Waals surface area contributed by atoms with Crippen molar-refractivity contribution in [2.75, 3.05) is 39.3 Å². The molecule has 0 N–H and O–H groups in total. The predicted molar refractivity (Wildman–Crippen MR) is 111 cm³/mol. The van der Waals surface area contributed by atoms with E-state index in [-0.39, 0.29) is 29.8 Å². The number of piperidine rings is 1. The summed E-state index contributed by atoms with van der Waals surface area (Å²) in [6.45, 7) is 0.217. The molecule has 0 unspecified atom stereocenters. The van der Waals surface area contributed by atoms with E-state index in [2.05, 4.69) is 0 Å². The molecule has 1 heterocycles. The van der Waals surface area contributed by atoms with Gasteiger partial charge in [0.25, 0.3) is 0 Å². The minimum absolute atomic E-state index is 0.109. The van der Waals surface area contributed by atoms with Crippen LogP contribution in [0.25, 0.3) is 0 Å². The number of anilines is 1. The first-order chi connectivity index (χ1) is 14.7. The lowest BCUT2D eigenvalue weighted by Gasteiger charge is -2.32. The van der Waals surface area contributed by atoms with Crippen LogP contribution in [0.2, 0.25) is 0 Å². The molecule has 1 fully saturated rings. The Labute approximate surface area is 180 Å². The number of nitrogens with zero attached hydrogens (tertiary/aromatic N) is 2. The van der Waals surface area contributed by atoms with Gasteiger partial charge in [-0.1, -0.05) is 0 Å². The van der Waals surface area contributed by atoms with Crippen LogP contribution in [0.1, 0.15) is 12.8 Å². The summed E-state index contributed by atoms with van der Waals surface area (Å²) in [7, 11) is 0.708. The SMILES string of the molecule is COc1ccc(N(C)C(=O)C2CCN(S(=O)(=O)c3ccc(F)c(F)c3)CC2)cc1OC. The lowest BCUT2D eigenvalue weighted by molar-refractivity contribution is -0.123. The Balaban J connectivity index is 1.68. The monoisotopic (exact) mass is 454 g/mol. The molecule has 10 heteroatoms. The van der Waals surface area contributed by atoms with E-state index < -0.39 is 21.7 Å². The Morgan fingerprint density at radius 2 is 1.65 bits per heavy atom. The van der Waals surface area contributed by atoms with Crippen molar-refractivity contribution >= 4 is 21.6 Å². The number of carbonyl (C=O) groups excluding carboxylic acids is 1. The smallest absolute Gasteiger partial charge is 0.243 e. The highest BCUT2D eigenvalue weighted by atomic mass is 32.2. The molecule has 1 aliphatic rings. The Morgan fingerprint density at radius 3 is 2.23 bits per heavy atom. The van der Waals surface area contributed by atoms with Crippen LogP contribution in [0.3, 0.4) is 0 Å². The zero-order valence-corrected chi connectivity index (χ0v) is 18.3. The summed E-state index contributed by atoms with van der Waals surface area (Å²) in [6.07, 6.45) is 0.638. The molecule has 1 amide bonds. The zero-order chi connectivity index (χ0) is 22.8. The zero-order valence-electron chi connectivity index (χ0n) is 17.5. The number of ether oxygens (including phenoxy) is 2. The molecule has 0 radical (unpaired) electrons. The molecular formula is C21H24F2N2O5S. The Hall–Kier alpha value is -2.72. The third-order valence-corrected chi connectivity index (χ3v) is 7.31. The molecule has 7 nitrogen and oxygen atoms in total. The van der Waals surface area contributed by atoms with Crippen LogP contribution in [-0.2, 0) is 14.8 Å². The second kappa shape index (κ2) is 9.19. The fraction of sp³-hybridized carbons (Fsp3) is 0.381. The van der Waals surface area contributed by atoms with Crippen LogP contribution in [-0.4, -0.2) is 53.0 Å². The van der Waals surface area contributed by atoms with Gasteiger partial charge in [0.15, 0.2) is 23.1 Å². The summed E-state index contributed by atoms with van der Waals surface area (Å²) < 4.78 is 63.7. The maximum absolute atomic E-state index is 13.5. The van der Waals surface area contributed by atoms with E-state index in [1.165, 1.54) is 23.4 Å². The second-order valence-corrected chi connectivity index (χ2v) is 9.13. The van der Waals surface area contributed by atoms with Gasteiger partial charge >= 0.3 is 0 Å². The predicted octanol–water partition coefficient (Wildman–Crippen LogP) is 3.05. The Bertz CT molecular complexity index is 1070. The number of sulfonamides is 1. The number of benzene rings is 2. The number of amides is 1. The van der Waals surface area contributed by atoms with Gasteiger partial charge < -0.3 is 14.4 Å². The van der Waals surface area contributed by atoms with Crippen molar-refractivity contribution in [1.29, 1.82) is 0 Å². The highest BCUT2D eigenvalue weighted by Crippen LogP contribution is 2.33. The average molecular weight is 454 g/mol. The molecule has 0 aromatic heterocycles. The van der Waals surface area contributed by atoms with Crippen molar-refractivity contribution in [2.24, 2.45) is 5.92 Å². The molecule has 0 bridgehead atoms. The highest BCUT2D eigenvalue weighted by molar-refractivity contribution is 7.89. The van der Waals surface area contributed by atoms with Crippen molar-refractivity contribution < 1.29 is 31.5 Å². The van der Waals surface area contributed by atoms with Gasteiger partial charge in [-0.2, -0.15) is 4.31 Å². The fourth-order valence-corrected chi connectivity index (χ4v) is 5.05. The molecule has 31 heavy (non-hydrogen) atoms. The van der Waals surface area contributed by atoms with Crippen molar-refractivity contribution in [2.45, 2.75) is 17.7 Å². The minimum Gasteiger partial charge on any atom is -0.493 e. The van der Waals surface area contributed by atoms with Crippen molar-refractivity contribution in [3.63, 3.8) is 0 Å². The van der Waals surface area contributed by atoms with E-state index in [1.54, 1.807) is 25.2 Å². The van der Waals surface area contributed by atoms with E-state index in [0.717, 1.165) is 12.1 Å². The van der Waals surface area contributed by atoms with E-state index in [1.807, 2.05) is 0 Å². The summed E-state index contributed by atoms with van der Waals surface area (Å²) in [5.41, 5.74) is 0.625. The highest BCUT2D eigenvalue weighted by Gasteiger charge is 2.34. The number of halogens is 2. The molecule has 0 spiro atoms. The van der Waals surface area contributed by atoms with E-state index in [4.69, 9.17) is 9.47 Å². The molecule has 1 aliphatic heterocycles. The van der Waals surface area contributed by atoms with Crippen molar-refractivity contribution in [3.8, 4) is 11.5 Å². The maximum atomic E-state index is 13.5. The molecule has 0 aliphatic carbocycles. The van der Waals surface area contributed by atoms with Crippen LogP contribution in [0.4, 0.5) is 14.5 Å². The molecule has 1 saturated heterocycles. The Morgan fingerprint density at radius 1 is 1.00 bits per heavy atom.